The summed E-state index contributed by atoms with van der Waals surface area (Å²) in [6.45, 7) is 0. The van der Waals surface area contributed by atoms with Crippen molar-refractivity contribution in [2.45, 2.75) is 0 Å². The number of aromatic nitrogens is 1. The quantitative estimate of drug-likeness (QED) is 0.671. The predicted octanol–water partition coefficient (Wildman–Crippen LogP) is 5.05. The lowest BCUT2D eigenvalue weighted by atomic mass is 10.2. The van der Waals surface area contributed by atoms with Crippen LogP contribution in [0.2, 0.25) is 0 Å². The second-order valence-electron chi connectivity index (χ2n) is 5.26. The van der Waals surface area contributed by atoms with E-state index in [1.54, 1.807) is 11.3 Å². The molecule has 1 aromatic heterocycles. The third-order valence-electron chi connectivity index (χ3n) is 3.42. The number of rotatable bonds is 4. The zero-order valence-corrected chi connectivity index (χ0v) is 13.5. The largest absolute Gasteiger partial charge is 0.378 e. The van der Waals surface area contributed by atoms with E-state index in [-0.39, 0.29) is 0 Å². The first-order valence-electron chi connectivity index (χ1n) is 7.19. The van der Waals surface area contributed by atoms with Gasteiger partial charge in [-0.15, -0.1) is 11.3 Å². The van der Waals surface area contributed by atoms with Crippen LogP contribution in [-0.4, -0.2) is 19.1 Å². The molecule has 3 rings (SSSR count). The zero-order valence-electron chi connectivity index (χ0n) is 12.7. The van der Waals surface area contributed by atoms with Gasteiger partial charge in [0.05, 0.1) is 5.69 Å². The maximum absolute atomic E-state index is 4.66. The number of anilines is 1. The van der Waals surface area contributed by atoms with Gasteiger partial charge in [-0.1, -0.05) is 48.5 Å². The van der Waals surface area contributed by atoms with E-state index >= 15 is 0 Å². The third kappa shape index (κ3) is 3.43. The molecule has 0 saturated heterocycles. The molecule has 0 fully saturated rings. The van der Waals surface area contributed by atoms with E-state index in [0.29, 0.717) is 0 Å². The van der Waals surface area contributed by atoms with Crippen LogP contribution in [0.25, 0.3) is 23.4 Å². The third-order valence-corrected chi connectivity index (χ3v) is 4.23. The van der Waals surface area contributed by atoms with Crippen LogP contribution in [0.3, 0.4) is 0 Å². The smallest absolute Gasteiger partial charge is 0.116 e. The maximum atomic E-state index is 4.66. The van der Waals surface area contributed by atoms with Crippen LogP contribution in [0.1, 0.15) is 10.6 Å². The standard InChI is InChI=1S/C19H18N2S/c1-21(2)17-11-8-15(9-12-17)10-13-19-20-18(14-22-19)16-6-4-3-5-7-16/h3-14H,1-2H3. The topological polar surface area (TPSA) is 16.1 Å². The van der Waals surface area contributed by atoms with Crippen LogP contribution < -0.4 is 4.90 Å². The van der Waals surface area contributed by atoms with Gasteiger partial charge in [-0.05, 0) is 23.8 Å². The normalized spacial score (nSPS) is 11.0. The Labute approximate surface area is 135 Å². The minimum atomic E-state index is 1.02. The summed E-state index contributed by atoms with van der Waals surface area (Å²) in [4.78, 5) is 6.76. The first-order valence-corrected chi connectivity index (χ1v) is 8.07. The van der Waals surface area contributed by atoms with Gasteiger partial charge in [0.1, 0.15) is 5.01 Å². The monoisotopic (exact) mass is 306 g/mol. The summed E-state index contributed by atoms with van der Waals surface area (Å²) in [5, 5.41) is 3.12. The number of thiazole rings is 1. The van der Waals surface area contributed by atoms with Gasteiger partial charge in [0, 0.05) is 30.7 Å². The molecule has 2 nitrogen and oxygen atoms in total. The van der Waals surface area contributed by atoms with E-state index in [2.05, 4.69) is 63.8 Å². The van der Waals surface area contributed by atoms with Gasteiger partial charge in [-0.2, -0.15) is 0 Å². The minimum Gasteiger partial charge on any atom is -0.378 e. The summed E-state index contributed by atoms with van der Waals surface area (Å²) < 4.78 is 0. The summed E-state index contributed by atoms with van der Waals surface area (Å²) in [6.07, 6.45) is 4.18. The van der Waals surface area contributed by atoms with E-state index in [1.807, 2.05) is 32.3 Å². The van der Waals surface area contributed by atoms with Crippen molar-refractivity contribution >= 4 is 29.2 Å². The molecule has 0 aliphatic heterocycles. The van der Waals surface area contributed by atoms with E-state index in [9.17, 15) is 0 Å². The average Bonchev–Trinajstić information content (AvgIpc) is 3.03. The summed E-state index contributed by atoms with van der Waals surface area (Å²) in [6, 6.07) is 18.8. The Morgan fingerprint density at radius 1 is 0.909 bits per heavy atom. The summed E-state index contributed by atoms with van der Waals surface area (Å²) in [5.74, 6) is 0. The van der Waals surface area contributed by atoms with Crippen molar-refractivity contribution in [1.82, 2.24) is 4.98 Å². The van der Waals surface area contributed by atoms with Crippen LogP contribution in [0.15, 0.2) is 60.0 Å². The van der Waals surface area contributed by atoms with Crippen molar-refractivity contribution < 1.29 is 0 Å². The molecule has 0 atom stereocenters. The molecule has 22 heavy (non-hydrogen) atoms. The number of hydrogen-bond donors (Lipinski definition) is 0. The van der Waals surface area contributed by atoms with Crippen LogP contribution in [0.5, 0.6) is 0 Å². The highest BCUT2D eigenvalue weighted by molar-refractivity contribution is 7.10. The lowest BCUT2D eigenvalue weighted by Crippen LogP contribution is -2.07. The first-order chi connectivity index (χ1) is 10.7. The second kappa shape index (κ2) is 6.58. The Hall–Kier alpha value is -2.39. The number of nitrogens with zero attached hydrogens (tertiary/aromatic N) is 2. The van der Waals surface area contributed by atoms with E-state index in [4.69, 9.17) is 0 Å². The number of hydrogen-bond acceptors (Lipinski definition) is 3. The molecule has 0 spiro atoms. The first kappa shape index (κ1) is 14.5. The van der Waals surface area contributed by atoms with Crippen LogP contribution in [0, 0.1) is 0 Å². The van der Waals surface area contributed by atoms with Gasteiger partial charge in [0.2, 0.25) is 0 Å². The van der Waals surface area contributed by atoms with Crippen molar-refractivity contribution in [3.63, 3.8) is 0 Å². The van der Waals surface area contributed by atoms with Gasteiger partial charge >= 0.3 is 0 Å². The molecule has 0 aliphatic rings. The van der Waals surface area contributed by atoms with Crippen LogP contribution in [0.4, 0.5) is 5.69 Å². The Balaban J connectivity index is 1.74. The van der Waals surface area contributed by atoms with Gasteiger partial charge in [0.25, 0.3) is 0 Å². The highest BCUT2D eigenvalue weighted by Crippen LogP contribution is 2.23. The molecule has 3 aromatic rings. The van der Waals surface area contributed by atoms with Crippen molar-refractivity contribution in [3.05, 3.63) is 70.5 Å². The predicted molar refractivity (Wildman–Crippen MR) is 97.2 cm³/mol. The second-order valence-corrected chi connectivity index (χ2v) is 6.15. The maximum Gasteiger partial charge on any atom is 0.116 e. The van der Waals surface area contributed by atoms with Crippen molar-refractivity contribution in [1.29, 1.82) is 0 Å². The van der Waals surface area contributed by atoms with E-state index in [1.165, 1.54) is 11.3 Å². The van der Waals surface area contributed by atoms with Gasteiger partial charge in [-0.25, -0.2) is 4.98 Å². The lowest BCUT2D eigenvalue weighted by molar-refractivity contribution is 1.13. The Morgan fingerprint density at radius 3 is 2.32 bits per heavy atom. The molecule has 0 N–H and O–H groups in total. The Kier molecular flexibility index (Phi) is 4.35. The van der Waals surface area contributed by atoms with Crippen molar-refractivity contribution in [3.8, 4) is 11.3 Å². The molecular formula is C19H18N2S. The van der Waals surface area contributed by atoms with Gasteiger partial charge in [-0.3, -0.25) is 0 Å². The highest BCUT2D eigenvalue weighted by Gasteiger charge is 2.01. The van der Waals surface area contributed by atoms with Gasteiger partial charge < -0.3 is 4.90 Å². The van der Waals surface area contributed by atoms with Crippen LogP contribution >= 0.6 is 11.3 Å². The molecule has 0 amide bonds. The fourth-order valence-electron chi connectivity index (χ4n) is 2.16. The zero-order chi connectivity index (χ0) is 15.4. The van der Waals surface area contributed by atoms with Crippen LogP contribution in [-0.2, 0) is 0 Å². The minimum absolute atomic E-state index is 1.02. The average molecular weight is 306 g/mol. The van der Waals surface area contributed by atoms with Gasteiger partial charge in [0.15, 0.2) is 0 Å². The fourth-order valence-corrected chi connectivity index (χ4v) is 2.88. The molecule has 0 radical (unpaired) electrons. The molecule has 2 aromatic carbocycles. The van der Waals surface area contributed by atoms with E-state index < -0.39 is 0 Å². The number of benzene rings is 2. The molecule has 0 bridgehead atoms. The molecule has 0 aliphatic carbocycles. The summed E-state index contributed by atoms with van der Waals surface area (Å²) >= 11 is 1.67. The Bertz CT molecular complexity index is 756. The fraction of sp³-hybridized carbons (Fsp3) is 0.105. The van der Waals surface area contributed by atoms with Crippen molar-refractivity contribution in [2.24, 2.45) is 0 Å². The van der Waals surface area contributed by atoms with E-state index in [0.717, 1.165) is 16.3 Å². The highest BCUT2D eigenvalue weighted by atomic mass is 32.1. The van der Waals surface area contributed by atoms with Crippen molar-refractivity contribution in [2.75, 3.05) is 19.0 Å². The molecule has 1 heterocycles. The molecule has 3 heteroatoms. The molecule has 0 unspecified atom stereocenters. The summed E-state index contributed by atoms with van der Waals surface area (Å²) in [5.41, 5.74) is 4.58. The SMILES string of the molecule is CN(C)c1ccc(C=Cc2nc(-c3ccccc3)cs2)cc1. The summed E-state index contributed by atoms with van der Waals surface area (Å²) in [7, 11) is 4.09. The Morgan fingerprint density at radius 2 is 1.64 bits per heavy atom. The molecular weight excluding hydrogens is 288 g/mol. The lowest BCUT2D eigenvalue weighted by Gasteiger charge is -2.11. The molecule has 0 saturated carbocycles. The molecule has 110 valence electrons.